The number of nitrogens with zero attached hydrogens (tertiary/aromatic N) is 1. The van der Waals surface area contributed by atoms with Gasteiger partial charge in [0.05, 0.1) is 11.4 Å². The lowest BCUT2D eigenvalue weighted by Crippen LogP contribution is -2.42. The van der Waals surface area contributed by atoms with Crippen molar-refractivity contribution >= 4 is 27.3 Å². The second-order valence-electron chi connectivity index (χ2n) is 6.33. The molecule has 4 rings (SSSR count). The highest BCUT2D eigenvalue weighted by molar-refractivity contribution is 7.89. The molecule has 29 heavy (non-hydrogen) atoms. The highest BCUT2D eigenvalue weighted by Crippen LogP contribution is 2.24. The number of fused-ring (bicyclic) bond motifs is 1. The Morgan fingerprint density at radius 1 is 0.897 bits per heavy atom. The number of sulfonamides is 1. The van der Waals surface area contributed by atoms with Crippen molar-refractivity contribution in [3.63, 3.8) is 0 Å². The van der Waals surface area contributed by atoms with E-state index in [4.69, 9.17) is 0 Å². The molecule has 146 valence electrons. The van der Waals surface area contributed by atoms with E-state index >= 15 is 0 Å². The zero-order chi connectivity index (χ0) is 20.4. The summed E-state index contributed by atoms with van der Waals surface area (Å²) in [6.07, 6.45) is -1.47. The lowest BCUT2D eigenvalue weighted by molar-refractivity contribution is -0.117. The Morgan fingerprint density at radius 3 is 2.31 bits per heavy atom. The number of halogens is 1. The molecule has 0 saturated carbocycles. The van der Waals surface area contributed by atoms with Gasteiger partial charge >= 0.3 is 0 Å². The van der Waals surface area contributed by atoms with Crippen LogP contribution in [0.2, 0.25) is 0 Å². The summed E-state index contributed by atoms with van der Waals surface area (Å²) in [4.78, 5) is 16.6. The number of carbonyl (C=O) groups is 1. The van der Waals surface area contributed by atoms with Crippen molar-refractivity contribution in [1.29, 1.82) is 0 Å². The highest BCUT2D eigenvalue weighted by Gasteiger charge is 2.31. The van der Waals surface area contributed by atoms with E-state index in [-0.39, 0.29) is 0 Å². The third-order valence-corrected chi connectivity index (χ3v) is 5.83. The first-order valence-corrected chi connectivity index (χ1v) is 10.2. The highest BCUT2D eigenvalue weighted by atomic mass is 32.2. The van der Waals surface area contributed by atoms with Gasteiger partial charge in [-0.05, 0) is 18.2 Å². The van der Waals surface area contributed by atoms with Crippen molar-refractivity contribution in [3.05, 3.63) is 95.8 Å². The minimum absolute atomic E-state index is 0.445. The van der Waals surface area contributed by atoms with Crippen LogP contribution in [0.25, 0.3) is 0 Å². The minimum atomic E-state index is -4.33. The van der Waals surface area contributed by atoms with E-state index < -0.39 is 32.8 Å². The first-order chi connectivity index (χ1) is 14.0. The maximum Gasteiger partial charge on any atom is 0.264 e. The average molecular weight is 409 g/mol. The van der Waals surface area contributed by atoms with E-state index in [1.54, 1.807) is 24.3 Å². The first-order valence-electron chi connectivity index (χ1n) is 8.76. The molecule has 8 heteroatoms. The maximum atomic E-state index is 14.0. The molecule has 1 amide bonds. The molecule has 0 spiro atoms. The maximum absolute atomic E-state index is 14.0. The molecule has 1 atom stereocenters. The van der Waals surface area contributed by atoms with Gasteiger partial charge < -0.3 is 5.32 Å². The van der Waals surface area contributed by atoms with E-state index in [1.807, 2.05) is 30.3 Å². The number of nitrogens with one attached hydrogen (secondary N) is 2. The van der Waals surface area contributed by atoms with Gasteiger partial charge in [-0.1, -0.05) is 60.7 Å². The molecule has 0 radical (unpaired) electrons. The number of hydrogen-bond acceptors (Lipinski definition) is 4. The van der Waals surface area contributed by atoms with Crippen LogP contribution in [0.15, 0.2) is 88.8 Å². The normalized spacial score (nSPS) is 16.4. The lowest BCUT2D eigenvalue weighted by atomic mass is 10.0. The van der Waals surface area contributed by atoms with Crippen molar-refractivity contribution in [1.82, 2.24) is 4.72 Å². The Morgan fingerprint density at radius 2 is 1.55 bits per heavy atom. The molecule has 2 N–H and O–H groups in total. The van der Waals surface area contributed by atoms with Crippen LogP contribution in [0.4, 0.5) is 10.1 Å². The molecular formula is C21H16FN3O3S. The molecule has 3 aromatic rings. The van der Waals surface area contributed by atoms with Crippen LogP contribution < -0.4 is 10.0 Å². The van der Waals surface area contributed by atoms with E-state index in [9.17, 15) is 17.6 Å². The van der Waals surface area contributed by atoms with Gasteiger partial charge in [-0.15, -0.1) is 0 Å². The Balaban J connectivity index is 1.80. The fourth-order valence-electron chi connectivity index (χ4n) is 3.04. The quantitative estimate of drug-likeness (QED) is 0.695. The SMILES string of the molecule is O=C1Nc2ccccc2C(c2ccccc2)=NC1NS(=O)(=O)c1ccccc1F. The zero-order valence-electron chi connectivity index (χ0n) is 15.0. The summed E-state index contributed by atoms with van der Waals surface area (Å²) >= 11 is 0. The van der Waals surface area contributed by atoms with Crippen LogP contribution >= 0.6 is 0 Å². The number of para-hydroxylation sites is 1. The summed E-state index contributed by atoms with van der Waals surface area (Å²) in [6, 6.07) is 21.1. The number of carbonyl (C=O) groups excluding carboxylic acids is 1. The second-order valence-corrected chi connectivity index (χ2v) is 8.02. The number of anilines is 1. The summed E-state index contributed by atoms with van der Waals surface area (Å²) in [5.41, 5.74) is 2.32. The number of rotatable bonds is 4. The van der Waals surface area contributed by atoms with Crippen molar-refractivity contribution < 1.29 is 17.6 Å². The van der Waals surface area contributed by atoms with Crippen molar-refractivity contribution in [3.8, 4) is 0 Å². The van der Waals surface area contributed by atoms with Crippen molar-refractivity contribution in [2.75, 3.05) is 5.32 Å². The molecule has 1 heterocycles. The van der Waals surface area contributed by atoms with Crippen LogP contribution in [0.5, 0.6) is 0 Å². The van der Waals surface area contributed by atoms with Crippen molar-refractivity contribution in [2.45, 2.75) is 11.1 Å². The van der Waals surface area contributed by atoms with Gasteiger partial charge in [-0.2, -0.15) is 4.72 Å². The van der Waals surface area contributed by atoms with Crippen LogP contribution in [0.3, 0.4) is 0 Å². The summed E-state index contributed by atoms with van der Waals surface area (Å²) in [7, 11) is -4.33. The largest absolute Gasteiger partial charge is 0.322 e. The van der Waals surface area contributed by atoms with Gasteiger partial charge in [0.25, 0.3) is 5.91 Å². The Bertz CT molecular complexity index is 1210. The molecule has 1 unspecified atom stereocenters. The van der Waals surface area contributed by atoms with Crippen LogP contribution in [-0.2, 0) is 14.8 Å². The Kier molecular flexibility index (Phi) is 4.96. The fraction of sp³-hybridized carbons (Fsp3) is 0.0476. The first kappa shape index (κ1) is 19.0. The van der Waals surface area contributed by atoms with E-state index in [2.05, 4.69) is 15.0 Å². The summed E-state index contributed by atoms with van der Waals surface area (Å²) in [5.74, 6) is -1.58. The molecule has 1 aliphatic heterocycles. The smallest absolute Gasteiger partial charge is 0.264 e. The number of aliphatic imine (C=N–C) groups is 1. The zero-order valence-corrected chi connectivity index (χ0v) is 15.9. The molecule has 0 saturated heterocycles. The van der Waals surface area contributed by atoms with E-state index in [0.717, 1.165) is 12.1 Å². The minimum Gasteiger partial charge on any atom is -0.322 e. The Labute approximate surface area is 167 Å². The van der Waals surface area contributed by atoms with Gasteiger partial charge in [0.2, 0.25) is 10.0 Å². The summed E-state index contributed by atoms with van der Waals surface area (Å²) in [5, 5.41) is 2.69. The molecule has 3 aromatic carbocycles. The number of benzene rings is 3. The molecule has 0 aliphatic carbocycles. The number of benzodiazepines with no additional fused rings is 1. The third-order valence-electron chi connectivity index (χ3n) is 4.39. The summed E-state index contributed by atoms with van der Waals surface area (Å²) in [6.45, 7) is 0. The standard InChI is InChI=1S/C21H16FN3O3S/c22-16-11-5-7-13-18(16)29(27,28)25-20-21(26)23-17-12-6-4-10-15(17)19(24-20)14-8-2-1-3-9-14/h1-13,20,25H,(H,23,26). The topological polar surface area (TPSA) is 87.6 Å². The molecular weight excluding hydrogens is 393 g/mol. The van der Waals surface area contributed by atoms with Crippen LogP contribution in [-0.4, -0.2) is 26.2 Å². The second kappa shape index (κ2) is 7.57. The van der Waals surface area contributed by atoms with Gasteiger partial charge in [0, 0.05) is 11.1 Å². The summed E-state index contributed by atoms with van der Waals surface area (Å²) < 4.78 is 41.6. The predicted molar refractivity (Wildman–Crippen MR) is 108 cm³/mol. The predicted octanol–water partition coefficient (Wildman–Crippen LogP) is 2.92. The van der Waals surface area contributed by atoms with Crippen LogP contribution in [0, 0.1) is 5.82 Å². The van der Waals surface area contributed by atoms with Gasteiger partial charge in [-0.3, -0.25) is 9.79 Å². The number of amides is 1. The average Bonchev–Trinajstić information content (AvgIpc) is 2.85. The van der Waals surface area contributed by atoms with E-state index in [1.165, 1.54) is 12.1 Å². The van der Waals surface area contributed by atoms with E-state index in [0.29, 0.717) is 22.5 Å². The van der Waals surface area contributed by atoms with Gasteiger partial charge in [-0.25, -0.2) is 12.8 Å². The number of hydrogen-bond donors (Lipinski definition) is 2. The van der Waals surface area contributed by atoms with Gasteiger partial charge in [0.15, 0.2) is 6.17 Å². The monoisotopic (exact) mass is 409 g/mol. The third kappa shape index (κ3) is 3.80. The molecule has 0 bridgehead atoms. The van der Waals surface area contributed by atoms with Crippen LogP contribution in [0.1, 0.15) is 11.1 Å². The van der Waals surface area contributed by atoms with Crippen molar-refractivity contribution in [2.24, 2.45) is 4.99 Å². The Hall–Kier alpha value is -3.36. The molecule has 0 fully saturated rings. The molecule has 1 aliphatic rings. The molecule has 6 nitrogen and oxygen atoms in total. The molecule has 0 aromatic heterocycles. The van der Waals surface area contributed by atoms with Gasteiger partial charge in [0.1, 0.15) is 10.7 Å². The fourth-order valence-corrected chi connectivity index (χ4v) is 4.20. The lowest BCUT2D eigenvalue weighted by Gasteiger charge is -2.14.